The van der Waals surface area contributed by atoms with Gasteiger partial charge in [-0.25, -0.2) is 0 Å². The van der Waals surface area contributed by atoms with Gasteiger partial charge in [-0.2, -0.15) is 0 Å². The van der Waals surface area contributed by atoms with E-state index in [4.69, 9.17) is 11.6 Å². The largest absolute Gasteiger partial charge is 0.289 e. The second kappa shape index (κ2) is 3.57. The SMILES string of the molecule is C=C1c2ccccc2C(=O)c2c(Cl)cccc21. The van der Waals surface area contributed by atoms with Crippen molar-refractivity contribution in [1.82, 2.24) is 0 Å². The number of carbonyl (C=O) groups excluding carboxylic acids is 1. The molecule has 17 heavy (non-hydrogen) atoms. The van der Waals surface area contributed by atoms with Gasteiger partial charge in [0.25, 0.3) is 0 Å². The van der Waals surface area contributed by atoms with E-state index in [1.165, 1.54) is 0 Å². The van der Waals surface area contributed by atoms with Crippen LogP contribution < -0.4 is 0 Å². The first-order valence-corrected chi connectivity index (χ1v) is 5.70. The van der Waals surface area contributed by atoms with Gasteiger partial charge in [0.2, 0.25) is 0 Å². The van der Waals surface area contributed by atoms with Gasteiger partial charge in [-0.15, -0.1) is 0 Å². The van der Waals surface area contributed by atoms with Crippen molar-refractivity contribution in [2.45, 2.75) is 0 Å². The molecule has 0 radical (unpaired) electrons. The molecule has 2 aromatic carbocycles. The van der Waals surface area contributed by atoms with Crippen LogP contribution in [0.2, 0.25) is 5.02 Å². The highest BCUT2D eigenvalue weighted by Gasteiger charge is 2.27. The molecule has 1 nitrogen and oxygen atoms in total. The van der Waals surface area contributed by atoms with Crippen LogP contribution in [0.25, 0.3) is 5.57 Å². The van der Waals surface area contributed by atoms with Gasteiger partial charge in [-0.1, -0.05) is 54.6 Å². The van der Waals surface area contributed by atoms with E-state index in [1.807, 2.05) is 36.4 Å². The zero-order valence-electron chi connectivity index (χ0n) is 9.03. The quantitative estimate of drug-likeness (QED) is 0.582. The second-order valence-electron chi connectivity index (χ2n) is 4.02. The first-order chi connectivity index (χ1) is 8.20. The van der Waals surface area contributed by atoms with Crippen molar-refractivity contribution >= 4 is 23.0 Å². The predicted octanol–water partition coefficient (Wildman–Crippen LogP) is 3.95. The molecule has 0 saturated heterocycles. The Morgan fingerprint density at radius 3 is 2.29 bits per heavy atom. The van der Waals surface area contributed by atoms with E-state index in [2.05, 4.69) is 6.58 Å². The lowest BCUT2D eigenvalue weighted by Crippen LogP contribution is -2.14. The minimum atomic E-state index is -0.0198. The second-order valence-corrected chi connectivity index (χ2v) is 4.42. The molecule has 0 saturated carbocycles. The van der Waals surface area contributed by atoms with E-state index in [0.29, 0.717) is 16.1 Å². The summed E-state index contributed by atoms with van der Waals surface area (Å²) in [5, 5.41) is 0.489. The average molecular weight is 241 g/mol. The molecule has 1 aliphatic rings. The molecule has 0 aliphatic heterocycles. The zero-order valence-corrected chi connectivity index (χ0v) is 9.79. The summed E-state index contributed by atoms with van der Waals surface area (Å²) < 4.78 is 0. The molecule has 1 aliphatic carbocycles. The Bertz CT molecular complexity index is 656. The molecule has 0 unspecified atom stereocenters. The Labute approximate surface area is 104 Å². The third-order valence-electron chi connectivity index (χ3n) is 3.06. The van der Waals surface area contributed by atoms with Crippen molar-refractivity contribution in [2.24, 2.45) is 0 Å². The van der Waals surface area contributed by atoms with Crippen LogP contribution >= 0.6 is 11.6 Å². The molecule has 2 aromatic rings. The lowest BCUT2D eigenvalue weighted by molar-refractivity contribution is 0.103. The number of benzene rings is 2. The molecule has 0 aromatic heterocycles. The number of carbonyl (C=O) groups is 1. The van der Waals surface area contributed by atoms with E-state index in [-0.39, 0.29) is 5.78 Å². The molecule has 3 rings (SSSR count). The minimum absolute atomic E-state index is 0.0198. The summed E-state index contributed by atoms with van der Waals surface area (Å²) in [5.74, 6) is -0.0198. The molecule has 0 atom stereocenters. The highest BCUT2D eigenvalue weighted by Crippen LogP contribution is 2.37. The van der Waals surface area contributed by atoms with Crippen molar-refractivity contribution < 1.29 is 4.79 Å². The van der Waals surface area contributed by atoms with Gasteiger partial charge in [-0.05, 0) is 22.8 Å². The van der Waals surface area contributed by atoms with E-state index >= 15 is 0 Å². The van der Waals surface area contributed by atoms with Crippen LogP contribution in [0.15, 0.2) is 49.0 Å². The van der Waals surface area contributed by atoms with E-state index in [1.54, 1.807) is 6.07 Å². The predicted molar refractivity (Wildman–Crippen MR) is 69.5 cm³/mol. The van der Waals surface area contributed by atoms with Crippen LogP contribution in [0, 0.1) is 0 Å². The molecule has 0 amide bonds. The zero-order chi connectivity index (χ0) is 12.0. The summed E-state index contributed by atoms with van der Waals surface area (Å²) in [7, 11) is 0. The van der Waals surface area contributed by atoms with Crippen molar-refractivity contribution in [3.05, 3.63) is 76.3 Å². The maximum Gasteiger partial charge on any atom is 0.195 e. The first kappa shape index (κ1) is 10.3. The third-order valence-corrected chi connectivity index (χ3v) is 3.38. The molecule has 0 heterocycles. The standard InChI is InChI=1S/C15H9ClO/c1-9-10-5-2-3-6-12(10)15(17)14-11(9)7-4-8-13(14)16/h2-8H,1H2. The van der Waals surface area contributed by atoms with Crippen LogP contribution in [-0.4, -0.2) is 5.78 Å². The van der Waals surface area contributed by atoms with Crippen LogP contribution in [0.1, 0.15) is 27.0 Å². The van der Waals surface area contributed by atoms with Gasteiger partial charge in [0.1, 0.15) is 0 Å². The summed E-state index contributed by atoms with van der Waals surface area (Å²) in [5.41, 5.74) is 3.84. The van der Waals surface area contributed by atoms with Gasteiger partial charge >= 0.3 is 0 Å². The normalized spacial score (nSPS) is 13.2. The Kier molecular flexibility index (Phi) is 2.17. The van der Waals surface area contributed by atoms with Gasteiger partial charge in [-0.3, -0.25) is 4.79 Å². The summed E-state index contributed by atoms with van der Waals surface area (Å²) in [4.78, 5) is 12.3. The monoisotopic (exact) mass is 240 g/mol. The summed E-state index contributed by atoms with van der Waals surface area (Å²) in [6.45, 7) is 4.06. The number of ketones is 1. The summed E-state index contributed by atoms with van der Waals surface area (Å²) >= 11 is 6.11. The van der Waals surface area contributed by atoms with Gasteiger partial charge < -0.3 is 0 Å². The topological polar surface area (TPSA) is 17.1 Å². The molecular weight excluding hydrogens is 232 g/mol. The Balaban J connectivity index is 2.37. The van der Waals surface area contributed by atoms with Crippen LogP contribution in [0.5, 0.6) is 0 Å². The molecule has 0 spiro atoms. The van der Waals surface area contributed by atoms with Crippen LogP contribution in [0.3, 0.4) is 0 Å². The highest BCUT2D eigenvalue weighted by atomic mass is 35.5. The molecule has 0 N–H and O–H groups in total. The van der Waals surface area contributed by atoms with Gasteiger partial charge in [0, 0.05) is 11.1 Å². The lowest BCUT2D eigenvalue weighted by atomic mass is 9.82. The molecule has 0 fully saturated rings. The van der Waals surface area contributed by atoms with Crippen molar-refractivity contribution in [1.29, 1.82) is 0 Å². The smallest absolute Gasteiger partial charge is 0.195 e. The highest BCUT2D eigenvalue weighted by molar-refractivity contribution is 6.36. The Morgan fingerprint density at radius 2 is 1.53 bits per heavy atom. The third kappa shape index (κ3) is 1.36. The maximum atomic E-state index is 12.3. The number of fused-ring (bicyclic) bond motifs is 2. The van der Waals surface area contributed by atoms with Crippen molar-refractivity contribution in [3.63, 3.8) is 0 Å². The molecular formula is C15H9ClO. The minimum Gasteiger partial charge on any atom is -0.289 e. The van der Waals surface area contributed by atoms with Gasteiger partial charge in [0.15, 0.2) is 5.78 Å². The molecule has 82 valence electrons. The van der Waals surface area contributed by atoms with E-state index in [0.717, 1.165) is 16.7 Å². The van der Waals surface area contributed by atoms with E-state index in [9.17, 15) is 4.79 Å². The average Bonchev–Trinajstić information content (AvgIpc) is 2.36. The van der Waals surface area contributed by atoms with Crippen LogP contribution in [0.4, 0.5) is 0 Å². The lowest BCUT2D eigenvalue weighted by Gasteiger charge is -2.21. The number of halogens is 1. The van der Waals surface area contributed by atoms with E-state index < -0.39 is 0 Å². The fourth-order valence-electron chi connectivity index (χ4n) is 2.23. The fourth-order valence-corrected chi connectivity index (χ4v) is 2.49. The van der Waals surface area contributed by atoms with Crippen molar-refractivity contribution in [3.8, 4) is 0 Å². The van der Waals surface area contributed by atoms with Gasteiger partial charge in [0.05, 0.1) is 5.02 Å². The number of hydrogen-bond donors (Lipinski definition) is 0. The first-order valence-electron chi connectivity index (χ1n) is 5.32. The van der Waals surface area contributed by atoms with Crippen molar-refractivity contribution in [2.75, 3.05) is 0 Å². The molecule has 2 heteroatoms. The van der Waals surface area contributed by atoms with Crippen LogP contribution in [-0.2, 0) is 0 Å². The fraction of sp³-hybridized carbons (Fsp3) is 0. The Morgan fingerprint density at radius 1 is 0.882 bits per heavy atom. The number of rotatable bonds is 0. The summed E-state index contributed by atoms with van der Waals surface area (Å²) in [6.07, 6.45) is 0. The maximum absolute atomic E-state index is 12.3. The summed E-state index contributed by atoms with van der Waals surface area (Å²) in [6, 6.07) is 13.0. The number of hydrogen-bond acceptors (Lipinski definition) is 1. The molecule has 0 bridgehead atoms. The Hall–Kier alpha value is -1.86.